The second-order valence-electron chi connectivity index (χ2n) is 5.48. The Kier molecular flexibility index (Phi) is 4.72. The molecule has 3 rings (SSSR count). The quantitative estimate of drug-likeness (QED) is 0.756. The number of hydrogen-bond donors (Lipinski definition) is 2. The van der Waals surface area contributed by atoms with Gasteiger partial charge in [-0.25, -0.2) is 4.79 Å². The molecule has 2 aliphatic heterocycles. The van der Waals surface area contributed by atoms with Gasteiger partial charge in [0.25, 0.3) is 5.91 Å². The van der Waals surface area contributed by atoms with E-state index in [0.29, 0.717) is 18.8 Å². The number of rotatable bonds is 6. The molecule has 0 radical (unpaired) electrons. The van der Waals surface area contributed by atoms with Crippen molar-refractivity contribution in [2.24, 2.45) is 0 Å². The van der Waals surface area contributed by atoms with Crippen LogP contribution >= 0.6 is 23.1 Å². The average molecular weight is 342 g/mol. The maximum absolute atomic E-state index is 12.4. The van der Waals surface area contributed by atoms with E-state index in [-0.39, 0.29) is 19.1 Å². The molecule has 3 amide bonds. The highest BCUT2D eigenvalue weighted by molar-refractivity contribution is 7.99. The highest BCUT2D eigenvalue weighted by Crippen LogP contribution is 2.33. The number of nitrogens with zero attached hydrogens (tertiary/aromatic N) is 1. The SMILES string of the molecule is O=C1N[C@]2(CCSC2)C(=O)N1C[C@H](O)COCc1cccs1. The van der Waals surface area contributed by atoms with Crippen molar-refractivity contribution in [3.63, 3.8) is 0 Å². The van der Waals surface area contributed by atoms with Crippen molar-refractivity contribution < 1.29 is 19.4 Å². The summed E-state index contributed by atoms with van der Waals surface area (Å²) in [6.45, 7) is 0.494. The summed E-state index contributed by atoms with van der Waals surface area (Å²) in [5.41, 5.74) is -0.751. The first kappa shape index (κ1) is 15.8. The summed E-state index contributed by atoms with van der Waals surface area (Å²) in [6.07, 6.45) is -0.220. The lowest BCUT2D eigenvalue weighted by molar-refractivity contribution is -0.131. The van der Waals surface area contributed by atoms with Crippen LogP contribution in [0.1, 0.15) is 11.3 Å². The van der Waals surface area contributed by atoms with Crippen molar-refractivity contribution in [3.05, 3.63) is 22.4 Å². The third-order valence-electron chi connectivity index (χ3n) is 3.80. The number of amides is 3. The summed E-state index contributed by atoms with van der Waals surface area (Å²) in [6, 6.07) is 3.48. The normalized spacial score (nSPS) is 26.0. The fraction of sp³-hybridized carbons (Fsp3) is 0.571. The van der Waals surface area contributed by atoms with Crippen LogP contribution in [0.5, 0.6) is 0 Å². The summed E-state index contributed by atoms with van der Waals surface area (Å²) < 4.78 is 5.42. The number of ether oxygens (including phenoxy) is 1. The number of carbonyl (C=O) groups is 2. The van der Waals surface area contributed by atoms with E-state index in [0.717, 1.165) is 15.5 Å². The predicted octanol–water partition coefficient (Wildman–Crippen LogP) is 1.05. The van der Waals surface area contributed by atoms with Gasteiger partial charge in [0.1, 0.15) is 5.54 Å². The number of thioether (sulfide) groups is 1. The molecule has 22 heavy (non-hydrogen) atoms. The molecular weight excluding hydrogens is 324 g/mol. The van der Waals surface area contributed by atoms with E-state index >= 15 is 0 Å². The van der Waals surface area contributed by atoms with Crippen LogP contribution in [0.3, 0.4) is 0 Å². The number of thiophene rings is 1. The van der Waals surface area contributed by atoms with Gasteiger partial charge in [0, 0.05) is 10.6 Å². The van der Waals surface area contributed by atoms with Crippen molar-refractivity contribution in [1.29, 1.82) is 0 Å². The Balaban J connectivity index is 1.49. The van der Waals surface area contributed by atoms with E-state index in [1.807, 2.05) is 17.5 Å². The fourth-order valence-electron chi connectivity index (χ4n) is 2.63. The Morgan fingerprint density at radius 1 is 1.50 bits per heavy atom. The number of aliphatic hydroxyl groups excluding tert-OH is 1. The summed E-state index contributed by atoms with van der Waals surface area (Å²) in [5, 5.41) is 14.7. The van der Waals surface area contributed by atoms with E-state index < -0.39 is 17.7 Å². The molecule has 1 aromatic rings. The smallest absolute Gasteiger partial charge is 0.325 e. The van der Waals surface area contributed by atoms with Gasteiger partial charge >= 0.3 is 6.03 Å². The number of urea groups is 1. The van der Waals surface area contributed by atoms with E-state index in [2.05, 4.69) is 5.32 Å². The van der Waals surface area contributed by atoms with Crippen LogP contribution in [-0.2, 0) is 16.1 Å². The van der Waals surface area contributed by atoms with Gasteiger partial charge in [0.15, 0.2) is 0 Å². The van der Waals surface area contributed by atoms with Crippen LogP contribution in [0.4, 0.5) is 4.79 Å². The van der Waals surface area contributed by atoms with Crippen LogP contribution < -0.4 is 5.32 Å². The van der Waals surface area contributed by atoms with Gasteiger partial charge in [-0.1, -0.05) is 6.07 Å². The van der Waals surface area contributed by atoms with Gasteiger partial charge in [-0.15, -0.1) is 11.3 Å². The molecule has 2 saturated heterocycles. The molecule has 0 unspecified atom stereocenters. The predicted molar refractivity (Wildman–Crippen MR) is 84.9 cm³/mol. The zero-order valence-corrected chi connectivity index (χ0v) is 13.6. The van der Waals surface area contributed by atoms with E-state index in [9.17, 15) is 14.7 Å². The van der Waals surface area contributed by atoms with E-state index in [1.165, 1.54) is 0 Å². The van der Waals surface area contributed by atoms with Crippen molar-refractivity contribution in [2.45, 2.75) is 24.7 Å². The molecule has 2 fully saturated rings. The molecule has 6 nitrogen and oxygen atoms in total. The lowest BCUT2D eigenvalue weighted by Crippen LogP contribution is -2.47. The molecule has 2 atom stereocenters. The Morgan fingerprint density at radius 2 is 2.36 bits per heavy atom. The summed E-state index contributed by atoms with van der Waals surface area (Å²) in [4.78, 5) is 26.6. The number of nitrogens with one attached hydrogen (secondary N) is 1. The highest BCUT2D eigenvalue weighted by Gasteiger charge is 2.53. The summed E-state index contributed by atoms with van der Waals surface area (Å²) in [5.74, 6) is 1.26. The minimum atomic E-state index is -0.876. The first-order valence-electron chi connectivity index (χ1n) is 7.11. The topological polar surface area (TPSA) is 78.9 Å². The van der Waals surface area contributed by atoms with Gasteiger partial charge in [-0.2, -0.15) is 11.8 Å². The van der Waals surface area contributed by atoms with Crippen LogP contribution in [0.25, 0.3) is 0 Å². The summed E-state index contributed by atoms with van der Waals surface area (Å²) >= 11 is 3.24. The van der Waals surface area contributed by atoms with E-state index in [4.69, 9.17) is 4.74 Å². The standard InChI is InChI=1S/C14H18N2O4S2/c17-10(7-20-8-11-2-1-4-22-11)6-16-12(18)14(15-13(16)19)3-5-21-9-14/h1-2,4,10,17H,3,5-9H2,(H,15,19)/t10-,14-/m0/s1. The zero-order chi connectivity index (χ0) is 15.6. The molecule has 0 bridgehead atoms. The van der Waals surface area contributed by atoms with Crippen molar-refractivity contribution in [1.82, 2.24) is 10.2 Å². The third kappa shape index (κ3) is 3.15. The molecule has 1 spiro atoms. The van der Waals surface area contributed by atoms with Crippen LogP contribution in [-0.4, -0.2) is 58.2 Å². The molecule has 0 saturated carbocycles. The molecular formula is C14H18N2O4S2. The first-order valence-corrected chi connectivity index (χ1v) is 9.14. The zero-order valence-electron chi connectivity index (χ0n) is 12.0. The van der Waals surface area contributed by atoms with Crippen LogP contribution in [0.15, 0.2) is 17.5 Å². The average Bonchev–Trinajstić information content (AvgIpc) is 3.19. The maximum atomic E-state index is 12.4. The number of β-amino-alcohol motifs (C(OH)–C–C–N with tert-alkyl or cyclic N) is 1. The van der Waals surface area contributed by atoms with Crippen molar-refractivity contribution in [3.8, 4) is 0 Å². The Bertz CT molecular complexity index is 543. The molecule has 2 aliphatic rings. The first-order chi connectivity index (χ1) is 10.6. The summed E-state index contributed by atoms with van der Waals surface area (Å²) in [7, 11) is 0. The molecule has 3 heterocycles. The molecule has 120 valence electrons. The van der Waals surface area contributed by atoms with Gasteiger partial charge in [0.2, 0.25) is 0 Å². The molecule has 1 aromatic heterocycles. The van der Waals surface area contributed by atoms with Crippen molar-refractivity contribution in [2.75, 3.05) is 24.7 Å². The minimum absolute atomic E-state index is 0.0263. The Labute approximate surface area is 136 Å². The molecule has 0 aromatic carbocycles. The number of aliphatic hydroxyl groups is 1. The largest absolute Gasteiger partial charge is 0.389 e. The van der Waals surface area contributed by atoms with Crippen LogP contribution in [0.2, 0.25) is 0 Å². The number of hydrogen-bond acceptors (Lipinski definition) is 6. The fourth-order valence-corrected chi connectivity index (χ4v) is 4.59. The van der Waals surface area contributed by atoms with Crippen molar-refractivity contribution >= 4 is 35.0 Å². The van der Waals surface area contributed by atoms with Gasteiger partial charge < -0.3 is 15.2 Å². The maximum Gasteiger partial charge on any atom is 0.325 e. The monoisotopic (exact) mass is 342 g/mol. The van der Waals surface area contributed by atoms with Crippen LogP contribution in [0, 0.1) is 0 Å². The van der Waals surface area contributed by atoms with Gasteiger partial charge in [0.05, 0.1) is 25.9 Å². The molecule has 8 heteroatoms. The lowest BCUT2D eigenvalue weighted by atomic mass is 9.99. The van der Waals surface area contributed by atoms with E-state index in [1.54, 1.807) is 23.1 Å². The Hall–Kier alpha value is -1.09. The second-order valence-corrected chi connectivity index (χ2v) is 7.62. The second kappa shape index (κ2) is 6.57. The molecule has 2 N–H and O–H groups in total. The highest BCUT2D eigenvalue weighted by atomic mass is 32.2. The minimum Gasteiger partial charge on any atom is -0.389 e. The van der Waals surface area contributed by atoms with Gasteiger partial charge in [-0.3, -0.25) is 9.69 Å². The lowest BCUT2D eigenvalue weighted by Gasteiger charge is -2.20. The Morgan fingerprint density at radius 3 is 3.05 bits per heavy atom. The number of carbonyl (C=O) groups excluding carboxylic acids is 2. The third-order valence-corrected chi connectivity index (χ3v) is 5.84. The molecule has 0 aliphatic carbocycles. The van der Waals surface area contributed by atoms with Gasteiger partial charge in [-0.05, 0) is 23.6 Å². The number of imide groups is 1.